The van der Waals surface area contributed by atoms with Crippen LogP contribution in [0.2, 0.25) is 0 Å². The second-order valence-corrected chi connectivity index (χ2v) is 7.96. The minimum Gasteiger partial charge on any atom is -0.304 e. The minimum atomic E-state index is 0. The topological polar surface area (TPSA) is 25.8 Å². The number of pyridine rings is 2. The van der Waals surface area contributed by atoms with Crippen molar-refractivity contribution in [2.45, 2.75) is 20.8 Å². The average Bonchev–Trinajstić information content (AvgIpc) is 2.88. The molecule has 0 fully saturated rings. The number of aryl methyl sites for hydroxylation is 2. The van der Waals surface area contributed by atoms with Crippen LogP contribution in [0.4, 0.5) is 0 Å². The Balaban J connectivity index is 0.000000188. The standard InChI is InChI=1S/C17H12N.C14H14N.Ir/c1-3-7-14(8-4-1)16-11-12-17(18-13-16)15-9-5-2-6-10-15;1-10-7-8-14(15-9-10)13-6-4-5-11(2)12(13)3;/h1-9,11-13H;4-5,7-9H,1-3H3;/q2*-1;. The van der Waals surface area contributed by atoms with Gasteiger partial charge in [-0.15, -0.1) is 70.8 Å². The Morgan fingerprint density at radius 3 is 1.97 bits per heavy atom. The van der Waals surface area contributed by atoms with E-state index in [0.717, 1.165) is 28.1 Å². The zero-order valence-corrected chi connectivity index (χ0v) is 21.9. The summed E-state index contributed by atoms with van der Waals surface area (Å²) in [6.07, 6.45) is 3.80. The molecule has 5 aromatic rings. The maximum absolute atomic E-state index is 4.49. The molecule has 0 bridgehead atoms. The van der Waals surface area contributed by atoms with Gasteiger partial charge < -0.3 is 9.97 Å². The first-order chi connectivity index (χ1) is 16.1. The third-order valence-electron chi connectivity index (χ3n) is 5.55. The average molecular weight is 619 g/mol. The molecule has 0 unspecified atom stereocenters. The van der Waals surface area contributed by atoms with Gasteiger partial charge in [-0.2, -0.15) is 0 Å². The van der Waals surface area contributed by atoms with Crippen LogP contribution in [0.5, 0.6) is 0 Å². The van der Waals surface area contributed by atoms with Gasteiger partial charge >= 0.3 is 0 Å². The zero-order chi connectivity index (χ0) is 23.0. The maximum Gasteiger partial charge on any atom is 0.0239 e. The number of benzene rings is 3. The van der Waals surface area contributed by atoms with Gasteiger partial charge in [0.05, 0.1) is 0 Å². The van der Waals surface area contributed by atoms with Gasteiger partial charge in [0, 0.05) is 32.5 Å². The van der Waals surface area contributed by atoms with Crippen LogP contribution >= 0.6 is 0 Å². The van der Waals surface area contributed by atoms with Crippen molar-refractivity contribution in [1.82, 2.24) is 9.97 Å². The molecule has 2 heterocycles. The molecule has 34 heavy (non-hydrogen) atoms. The Bertz CT molecular complexity index is 1240. The molecule has 1 radical (unpaired) electrons. The number of hydrogen-bond acceptors (Lipinski definition) is 2. The summed E-state index contributed by atoms with van der Waals surface area (Å²) in [4.78, 5) is 8.91. The van der Waals surface area contributed by atoms with Crippen LogP contribution in [0.1, 0.15) is 16.7 Å². The van der Waals surface area contributed by atoms with Crippen LogP contribution in [0.25, 0.3) is 33.6 Å². The van der Waals surface area contributed by atoms with Gasteiger partial charge in [-0.25, -0.2) is 0 Å². The first-order valence-corrected chi connectivity index (χ1v) is 11.0. The van der Waals surface area contributed by atoms with E-state index in [-0.39, 0.29) is 20.1 Å². The molecular formula is C31H26IrN2-2. The molecule has 0 saturated heterocycles. The fourth-order valence-electron chi connectivity index (χ4n) is 3.47. The maximum atomic E-state index is 4.49. The smallest absolute Gasteiger partial charge is 0.0239 e. The SMILES string of the molecule is Cc1ccc(-c2[c-]ccc(C)c2C)nc1.[Ir].[c-]1ccccc1-c1ccc(-c2ccccc2)cn1. The molecule has 3 aromatic carbocycles. The van der Waals surface area contributed by atoms with Gasteiger partial charge in [0.2, 0.25) is 0 Å². The van der Waals surface area contributed by atoms with Crippen LogP contribution in [0, 0.1) is 32.9 Å². The van der Waals surface area contributed by atoms with E-state index in [1.54, 1.807) is 0 Å². The summed E-state index contributed by atoms with van der Waals surface area (Å²) in [6.45, 7) is 6.27. The minimum absolute atomic E-state index is 0. The summed E-state index contributed by atoms with van der Waals surface area (Å²) in [5, 5.41) is 0. The molecule has 2 aromatic heterocycles. The van der Waals surface area contributed by atoms with Gasteiger partial charge in [-0.3, -0.25) is 0 Å². The second kappa shape index (κ2) is 12.2. The van der Waals surface area contributed by atoms with Gasteiger partial charge in [0.1, 0.15) is 0 Å². The van der Waals surface area contributed by atoms with Crippen molar-refractivity contribution in [3.8, 4) is 33.6 Å². The van der Waals surface area contributed by atoms with Crippen molar-refractivity contribution in [3.05, 3.63) is 132 Å². The van der Waals surface area contributed by atoms with E-state index in [2.05, 4.69) is 66.3 Å². The Morgan fingerprint density at radius 2 is 1.32 bits per heavy atom. The van der Waals surface area contributed by atoms with Gasteiger partial charge in [0.15, 0.2) is 0 Å². The summed E-state index contributed by atoms with van der Waals surface area (Å²) in [7, 11) is 0. The molecule has 0 aliphatic rings. The Hall–Kier alpha value is -3.39. The summed E-state index contributed by atoms with van der Waals surface area (Å²) in [5.41, 5.74) is 10.1. The Kier molecular flexibility index (Phi) is 9.04. The summed E-state index contributed by atoms with van der Waals surface area (Å²) < 4.78 is 0. The number of nitrogens with zero attached hydrogens (tertiary/aromatic N) is 2. The molecule has 2 nitrogen and oxygen atoms in total. The van der Waals surface area contributed by atoms with E-state index >= 15 is 0 Å². The van der Waals surface area contributed by atoms with E-state index in [9.17, 15) is 0 Å². The number of hydrogen-bond donors (Lipinski definition) is 0. The van der Waals surface area contributed by atoms with E-state index in [0.29, 0.717) is 0 Å². The first-order valence-electron chi connectivity index (χ1n) is 11.0. The van der Waals surface area contributed by atoms with Gasteiger partial charge in [0.25, 0.3) is 0 Å². The first kappa shape index (κ1) is 25.2. The van der Waals surface area contributed by atoms with Crippen LogP contribution in [-0.2, 0) is 20.1 Å². The molecule has 3 heteroatoms. The number of aromatic nitrogens is 2. The van der Waals surface area contributed by atoms with E-state index in [4.69, 9.17) is 0 Å². The van der Waals surface area contributed by atoms with Crippen molar-refractivity contribution in [3.63, 3.8) is 0 Å². The van der Waals surface area contributed by atoms with Gasteiger partial charge in [-0.05, 0) is 35.0 Å². The molecule has 171 valence electrons. The predicted octanol–water partition coefficient (Wildman–Crippen LogP) is 7.69. The Morgan fingerprint density at radius 1 is 0.588 bits per heavy atom. The second-order valence-electron chi connectivity index (χ2n) is 7.96. The zero-order valence-electron chi connectivity index (χ0n) is 19.5. The van der Waals surface area contributed by atoms with Crippen molar-refractivity contribution < 1.29 is 20.1 Å². The van der Waals surface area contributed by atoms with E-state index < -0.39 is 0 Å². The quantitative estimate of drug-likeness (QED) is 0.194. The third kappa shape index (κ3) is 6.35. The molecule has 0 spiro atoms. The van der Waals surface area contributed by atoms with E-state index in [1.807, 2.05) is 80.0 Å². The van der Waals surface area contributed by atoms with Gasteiger partial charge in [-0.1, -0.05) is 68.4 Å². The monoisotopic (exact) mass is 619 g/mol. The summed E-state index contributed by atoms with van der Waals surface area (Å²) in [5.74, 6) is 0. The third-order valence-corrected chi connectivity index (χ3v) is 5.55. The summed E-state index contributed by atoms with van der Waals surface area (Å²) in [6, 6.07) is 36.9. The predicted molar refractivity (Wildman–Crippen MR) is 137 cm³/mol. The molecule has 5 rings (SSSR count). The van der Waals surface area contributed by atoms with Crippen LogP contribution in [0.3, 0.4) is 0 Å². The van der Waals surface area contributed by atoms with Crippen molar-refractivity contribution >= 4 is 0 Å². The Labute approximate surface area is 216 Å². The molecule has 0 aliphatic heterocycles. The largest absolute Gasteiger partial charge is 0.304 e. The number of rotatable bonds is 3. The summed E-state index contributed by atoms with van der Waals surface area (Å²) >= 11 is 0. The van der Waals surface area contributed by atoms with Crippen molar-refractivity contribution in [2.75, 3.05) is 0 Å². The van der Waals surface area contributed by atoms with E-state index in [1.165, 1.54) is 22.3 Å². The molecule has 0 saturated carbocycles. The van der Waals surface area contributed by atoms with Crippen LogP contribution in [0.15, 0.2) is 103 Å². The van der Waals surface area contributed by atoms with Crippen molar-refractivity contribution in [2.24, 2.45) is 0 Å². The fraction of sp³-hybridized carbons (Fsp3) is 0.0968. The molecular weight excluding hydrogens is 593 g/mol. The molecule has 0 N–H and O–H groups in total. The molecule has 0 amide bonds. The molecule has 0 aliphatic carbocycles. The fourth-order valence-corrected chi connectivity index (χ4v) is 3.47. The van der Waals surface area contributed by atoms with Crippen LogP contribution in [-0.4, -0.2) is 9.97 Å². The molecule has 0 atom stereocenters. The van der Waals surface area contributed by atoms with Crippen LogP contribution < -0.4 is 0 Å². The normalized spacial score (nSPS) is 9.97. The van der Waals surface area contributed by atoms with Crippen molar-refractivity contribution in [1.29, 1.82) is 0 Å².